The van der Waals surface area contributed by atoms with Crippen molar-refractivity contribution in [1.82, 2.24) is 10.3 Å². The number of hydrogen-bond donors (Lipinski definition) is 1. The number of sulfone groups is 1. The number of rotatable bonds is 5. The van der Waals surface area contributed by atoms with Crippen molar-refractivity contribution in [2.75, 3.05) is 12.3 Å². The average Bonchev–Trinajstić information content (AvgIpc) is 2.40. The van der Waals surface area contributed by atoms with E-state index < -0.39 is 9.84 Å². The molecule has 1 aliphatic rings. The lowest BCUT2D eigenvalue weighted by Gasteiger charge is -2.31. The van der Waals surface area contributed by atoms with Gasteiger partial charge in [-0.3, -0.25) is 4.98 Å². The van der Waals surface area contributed by atoms with Crippen molar-refractivity contribution < 1.29 is 8.42 Å². The van der Waals surface area contributed by atoms with Crippen LogP contribution in [0, 0.1) is 0 Å². The first kappa shape index (κ1) is 15.7. The maximum Gasteiger partial charge on any atom is 0.154 e. The Morgan fingerprint density at radius 1 is 1.50 bits per heavy atom. The Balaban J connectivity index is 2.20. The molecule has 1 saturated heterocycles. The Hall–Kier alpha value is -0.650. The van der Waals surface area contributed by atoms with Crippen molar-refractivity contribution in [3.05, 3.63) is 29.0 Å². The predicted molar refractivity (Wildman–Crippen MR) is 81.8 cm³/mol. The number of nitrogens with zero attached hydrogens (tertiary/aromatic N) is 1. The molecule has 1 aromatic heterocycles. The molecule has 6 heteroatoms. The molecule has 1 N–H and O–H groups in total. The summed E-state index contributed by atoms with van der Waals surface area (Å²) in [5.41, 5.74) is 0.952. The Labute approximate surface area is 125 Å². The van der Waals surface area contributed by atoms with Crippen molar-refractivity contribution in [2.45, 2.75) is 43.9 Å². The number of halogens is 1. The summed E-state index contributed by atoms with van der Waals surface area (Å²) in [6, 6.07) is 1.78. The first-order chi connectivity index (χ1) is 9.54. The lowest BCUT2D eigenvalue weighted by molar-refractivity contribution is 0.441. The van der Waals surface area contributed by atoms with Gasteiger partial charge in [-0.2, -0.15) is 0 Å². The zero-order chi connectivity index (χ0) is 14.6. The van der Waals surface area contributed by atoms with Gasteiger partial charge in [0, 0.05) is 18.4 Å². The van der Waals surface area contributed by atoms with Crippen molar-refractivity contribution in [1.29, 1.82) is 0 Å². The Kier molecular flexibility index (Phi) is 5.41. The Morgan fingerprint density at radius 2 is 2.30 bits per heavy atom. The lowest BCUT2D eigenvalue weighted by Crippen LogP contribution is -2.47. The van der Waals surface area contributed by atoms with E-state index >= 15 is 0 Å². The molecular weight excluding hydrogens is 296 g/mol. The largest absolute Gasteiger partial charge is 0.313 e. The molecule has 0 bridgehead atoms. The highest BCUT2D eigenvalue weighted by Gasteiger charge is 2.35. The van der Waals surface area contributed by atoms with Crippen LogP contribution < -0.4 is 5.32 Å². The zero-order valence-corrected chi connectivity index (χ0v) is 13.3. The minimum atomic E-state index is -3.00. The van der Waals surface area contributed by atoms with Gasteiger partial charge in [-0.15, -0.1) is 0 Å². The van der Waals surface area contributed by atoms with E-state index in [4.69, 9.17) is 11.6 Å². The Morgan fingerprint density at radius 3 is 2.95 bits per heavy atom. The summed E-state index contributed by atoms with van der Waals surface area (Å²) >= 11 is 6.14. The highest BCUT2D eigenvalue weighted by Crippen LogP contribution is 2.25. The maximum atomic E-state index is 12.3. The second-order valence-electron chi connectivity index (χ2n) is 5.24. The van der Waals surface area contributed by atoms with Crippen molar-refractivity contribution >= 4 is 21.4 Å². The number of aromatic nitrogens is 1. The monoisotopic (exact) mass is 316 g/mol. The number of hydrogen-bond acceptors (Lipinski definition) is 4. The van der Waals surface area contributed by atoms with E-state index in [-0.39, 0.29) is 11.3 Å². The van der Waals surface area contributed by atoms with Crippen LogP contribution in [0.4, 0.5) is 0 Å². The molecule has 20 heavy (non-hydrogen) atoms. The quantitative estimate of drug-likeness (QED) is 0.905. The van der Waals surface area contributed by atoms with E-state index in [0.29, 0.717) is 17.2 Å². The van der Waals surface area contributed by atoms with Gasteiger partial charge in [0.2, 0.25) is 0 Å². The van der Waals surface area contributed by atoms with Crippen LogP contribution in [0.3, 0.4) is 0 Å². The molecule has 0 radical (unpaired) electrons. The van der Waals surface area contributed by atoms with Crippen LogP contribution in [-0.4, -0.2) is 37.0 Å². The molecule has 2 rings (SSSR count). The third-order valence-corrected chi connectivity index (χ3v) is 6.52. The van der Waals surface area contributed by atoms with Gasteiger partial charge in [-0.25, -0.2) is 8.42 Å². The molecule has 0 amide bonds. The smallest absolute Gasteiger partial charge is 0.154 e. The molecule has 0 spiro atoms. The molecule has 1 aliphatic heterocycles. The predicted octanol–water partition coefficient (Wildman–Crippen LogP) is 2.22. The van der Waals surface area contributed by atoms with Crippen molar-refractivity contribution in [3.63, 3.8) is 0 Å². The van der Waals surface area contributed by atoms with E-state index in [1.54, 1.807) is 12.4 Å². The van der Waals surface area contributed by atoms with E-state index in [1.165, 1.54) is 0 Å². The van der Waals surface area contributed by atoms with E-state index in [1.807, 2.05) is 13.0 Å². The lowest BCUT2D eigenvalue weighted by atomic mass is 10.00. The molecule has 1 fully saturated rings. The number of likely N-dealkylation sites (N-methyl/N-ethyl adjacent to an activating group) is 1. The fraction of sp³-hybridized carbons (Fsp3) is 0.643. The van der Waals surface area contributed by atoms with Gasteiger partial charge in [-0.05, 0) is 37.4 Å². The van der Waals surface area contributed by atoms with E-state index in [0.717, 1.165) is 31.4 Å². The number of nitrogens with one attached hydrogen (secondary N) is 1. The normalized spacial score (nSPS) is 23.4. The Bertz CT molecular complexity index is 548. The van der Waals surface area contributed by atoms with Crippen molar-refractivity contribution in [2.24, 2.45) is 0 Å². The first-order valence-corrected chi connectivity index (χ1v) is 9.17. The molecule has 0 aromatic carbocycles. The summed E-state index contributed by atoms with van der Waals surface area (Å²) in [7, 11) is -3.00. The summed E-state index contributed by atoms with van der Waals surface area (Å²) < 4.78 is 24.6. The van der Waals surface area contributed by atoms with Gasteiger partial charge >= 0.3 is 0 Å². The van der Waals surface area contributed by atoms with Gasteiger partial charge in [0.25, 0.3) is 0 Å². The van der Waals surface area contributed by atoms with Gasteiger partial charge in [-0.1, -0.05) is 24.9 Å². The topological polar surface area (TPSA) is 59.1 Å². The SMILES string of the molecule is CCNC(Cc1ccncc1Cl)C1CCCCS1(=O)=O. The minimum absolute atomic E-state index is 0.0785. The molecule has 112 valence electrons. The first-order valence-electron chi connectivity index (χ1n) is 7.08. The van der Waals surface area contributed by atoms with Gasteiger partial charge < -0.3 is 5.32 Å². The summed E-state index contributed by atoms with van der Waals surface area (Å²) in [4.78, 5) is 3.97. The maximum absolute atomic E-state index is 12.3. The van der Waals surface area contributed by atoms with Crippen LogP contribution in [-0.2, 0) is 16.3 Å². The molecule has 2 atom stereocenters. The van der Waals surface area contributed by atoms with Gasteiger partial charge in [0.15, 0.2) is 9.84 Å². The average molecular weight is 317 g/mol. The van der Waals surface area contributed by atoms with E-state index in [2.05, 4.69) is 10.3 Å². The molecule has 1 aromatic rings. The van der Waals surface area contributed by atoms with Crippen LogP contribution in [0.15, 0.2) is 18.5 Å². The van der Waals surface area contributed by atoms with Gasteiger partial charge in [0.05, 0.1) is 16.0 Å². The van der Waals surface area contributed by atoms with Crippen LogP contribution in [0.1, 0.15) is 31.7 Å². The molecule has 0 saturated carbocycles. The van der Waals surface area contributed by atoms with Crippen LogP contribution in [0.5, 0.6) is 0 Å². The number of pyridine rings is 1. The fourth-order valence-electron chi connectivity index (χ4n) is 2.83. The standard InChI is InChI=1S/C14H21ClN2O2S/c1-2-17-13(9-11-6-7-16-10-12(11)15)14-5-3-4-8-20(14,18)19/h6-7,10,13-14,17H,2-5,8-9H2,1H3. The fourth-order valence-corrected chi connectivity index (χ4v) is 5.16. The second kappa shape index (κ2) is 6.87. The molecule has 2 heterocycles. The molecule has 0 aliphatic carbocycles. The highest BCUT2D eigenvalue weighted by molar-refractivity contribution is 7.92. The molecule has 2 unspecified atom stereocenters. The second-order valence-corrected chi connectivity index (χ2v) is 7.98. The third kappa shape index (κ3) is 3.71. The molecule has 4 nitrogen and oxygen atoms in total. The van der Waals surface area contributed by atoms with Crippen molar-refractivity contribution in [3.8, 4) is 0 Å². The van der Waals surface area contributed by atoms with Crippen LogP contribution in [0.25, 0.3) is 0 Å². The summed E-state index contributed by atoms with van der Waals surface area (Å²) in [6.45, 7) is 2.75. The minimum Gasteiger partial charge on any atom is -0.313 e. The zero-order valence-electron chi connectivity index (χ0n) is 11.7. The third-order valence-electron chi connectivity index (χ3n) is 3.84. The highest BCUT2D eigenvalue weighted by atomic mass is 35.5. The van der Waals surface area contributed by atoms with Gasteiger partial charge in [0.1, 0.15) is 0 Å². The van der Waals surface area contributed by atoms with Crippen LogP contribution >= 0.6 is 11.6 Å². The summed E-state index contributed by atoms with van der Waals surface area (Å²) in [5.74, 6) is 0.309. The molecular formula is C14H21ClN2O2S. The summed E-state index contributed by atoms with van der Waals surface area (Å²) in [6.07, 6.45) is 6.43. The van der Waals surface area contributed by atoms with Crippen LogP contribution in [0.2, 0.25) is 5.02 Å². The van der Waals surface area contributed by atoms with E-state index in [9.17, 15) is 8.42 Å². The summed E-state index contributed by atoms with van der Waals surface area (Å²) in [5, 5.41) is 3.62.